The average Bonchev–Trinajstić information content (AvgIpc) is 3.03. The summed E-state index contributed by atoms with van der Waals surface area (Å²) in [4.78, 5) is 26.1. The fourth-order valence-electron chi connectivity index (χ4n) is 7.06. The molecule has 1 aliphatic rings. The molecule has 45 heavy (non-hydrogen) atoms. The number of hydrogen-bond donors (Lipinski definition) is 6. The van der Waals surface area contributed by atoms with E-state index in [4.69, 9.17) is 13.6 Å². The number of aliphatic hydroxyl groups excluding tert-OH is 3. The van der Waals surface area contributed by atoms with Crippen molar-refractivity contribution in [2.24, 2.45) is 0 Å². The molecule has 0 radical (unpaired) electrons. The van der Waals surface area contributed by atoms with Gasteiger partial charge >= 0.3 is 11.3 Å². The van der Waals surface area contributed by atoms with Crippen LogP contribution in [0.2, 0.25) is 0 Å². The smallest absolute Gasteiger partial charge is 0.344 e. The number of aliphatic hydroxyl groups is 3. The van der Waals surface area contributed by atoms with Gasteiger partial charge < -0.3 is 44.2 Å². The average molecular weight is 605 g/mol. The highest BCUT2D eigenvalue weighted by Crippen LogP contribution is 2.50. The van der Waals surface area contributed by atoms with Gasteiger partial charge in [0, 0.05) is 16.3 Å². The minimum atomic E-state index is -1.69. The summed E-state index contributed by atoms with van der Waals surface area (Å²) in [6.07, 6.45) is -6.21. The molecular formula is C34H20O11. The van der Waals surface area contributed by atoms with Gasteiger partial charge in [-0.15, -0.1) is 0 Å². The summed E-state index contributed by atoms with van der Waals surface area (Å²) in [5, 5.41) is 69.9. The molecule has 11 heteroatoms. The highest BCUT2D eigenvalue weighted by molar-refractivity contribution is 6.24. The SMILES string of the molecule is O=c1oc2c(O)c(O[C@H]3c4c(cc5ccc6cccc7ccc4c5c67)[C@@H](O)[C@H](O)[C@@H]3O)cc3c(=O)oc4c(O)c(O)cc1c4c23. The Morgan fingerprint density at radius 2 is 1.24 bits per heavy atom. The molecule has 1 aliphatic carbocycles. The van der Waals surface area contributed by atoms with E-state index in [9.17, 15) is 40.2 Å². The van der Waals surface area contributed by atoms with E-state index < -0.39 is 64.1 Å². The minimum absolute atomic E-state index is 0.0564. The Kier molecular flexibility index (Phi) is 4.89. The molecule has 6 aromatic carbocycles. The van der Waals surface area contributed by atoms with E-state index in [1.54, 1.807) is 6.07 Å². The van der Waals surface area contributed by atoms with Crippen LogP contribution >= 0.6 is 0 Å². The molecule has 6 N–H and O–H groups in total. The molecule has 0 spiro atoms. The molecule has 0 bridgehead atoms. The van der Waals surface area contributed by atoms with E-state index in [2.05, 4.69) is 0 Å². The van der Waals surface area contributed by atoms with E-state index in [1.807, 2.05) is 42.5 Å². The van der Waals surface area contributed by atoms with Gasteiger partial charge in [-0.1, -0.05) is 42.5 Å². The van der Waals surface area contributed by atoms with Crippen LogP contribution in [0.1, 0.15) is 23.3 Å². The van der Waals surface area contributed by atoms with Gasteiger partial charge in [-0.2, -0.15) is 0 Å². The first-order valence-corrected chi connectivity index (χ1v) is 14.0. The molecule has 0 aliphatic heterocycles. The van der Waals surface area contributed by atoms with Crippen molar-refractivity contribution in [3.63, 3.8) is 0 Å². The Bertz CT molecular complexity index is 2650. The molecule has 2 heterocycles. The number of hydrogen-bond acceptors (Lipinski definition) is 11. The summed E-state index contributed by atoms with van der Waals surface area (Å²) < 4.78 is 16.9. The minimum Gasteiger partial charge on any atom is -0.504 e. The molecule has 222 valence electrons. The van der Waals surface area contributed by atoms with Gasteiger partial charge in [0.25, 0.3) is 0 Å². The van der Waals surface area contributed by atoms with Crippen LogP contribution in [-0.4, -0.2) is 42.8 Å². The van der Waals surface area contributed by atoms with Gasteiger partial charge in [-0.25, -0.2) is 9.59 Å². The van der Waals surface area contributed by atoms with Crippen molar-refractivity contribution >= 4 is 65.0 Å². The van der Waals surface area contributed by atoms with Crippen LogP contribution in [0.4, 0.5) is 0 Å². The molecule has 0 saturated carbocycles. The van der Waals surface area contributed by atoms with Crippen LogP contribution in [0.25, 0.3) is 65.0 Å². The lowest BCUT2D eigenvalue weighted by Crippen LogP contribution is -2.43. The zero-order chi connectivity index (χ0) is 31.0. The maximum atomic E-state index is 13.1. The summed E-state index contributed by atoms with van der Waals surface area (Å²) in [6, 6.07) is 17.4. The number of fused-ring (bicyclic) bond motifs is 2. The lowest BCUT2D eigenvalue weighted by atomic mass is 9.78. The third kappa shape index (κ3) is 3.18. The van der Waals surface area contributed by atoms with E-state index in [-0.39, 0.29) is 27.3 Å². The van der Waals surface area contributed by atoms with E-state index in [0.717, 1.165) is 39.1 Å². The number of aromatic hydroxyl groups is 3. The lowest BCUT2D eigenvalue weighted by molar-refractivity contribution is -0.113. The maximum Gasteiger partial charge on any atom is 0.344 e. The van der Waals surface area contributed by atoms with Crippen LogP contribution < -0.4 is 16.0 Å². The monoisotopic (exact) mass is 604 g/mol. The normalized spacial score (nSPS) is 20.3. The summed E-state index contributed by atoms with van der Waals surface area (Å²) in [5.74, 6) is -2.56. The molecule has 2 aromatic heterocycles. The van der Waals surface area contributed by atoms with Crippen LogP contribution in [0.5, 0.6) is 23.0 Å². The second-order valence-corrected chi connectivity index (χ2v) is 11.4. The third-order valence-corrected chi connectivity index (χ3v) is 9.10. The largest absolute Gasteiger partial charge is 0.504 e. The zero-order valence-electron chi connectivity index (χ0n) is 22.8. The van der Waals surface area contributed by atoms with Crippen molar-refractivity contribution in [1.82, 2.24) is 0 Å². The second-order valence-electron chi connectivity index (χ2n) is 11.4. The summed E-state index contributed by atoms with van der Waals surface area (Å²) in [7, 11) is 0. The maximum absolute atomic E-state index is 13.1. The standard InChI is InChI=1S/C34H20O11/c35-18-9-16-23-24-17(34(42)44-31(23)26(18)37)10-19(27(38)32(24)45-33(16)41)43-30-22-14-7-6-12-3-1-2-11-4-5-13(21(14)20(11)12)8-15(22)25(36)28(39)29(30)40/h1-10,25,28-30,35-40H/t25-,28+,29+,30+/m1/s1. The topological polar surface area (TPSA) is 191 Å². The van der Waals surface area contributed by atoms with Crippen molar-refractivity contribution in [3.05, 3.63) is 92.6 Å². The third-order valence-electron chi connectivity index (χ3n) is 9.10. The molecule has 9 rings (SSSR count). The summed E-state index contributed by atoms with van der Waals surface area (Å²) in [5.41, 5.74) is -2.25. The molecule has 8 aromatic rings. The molecule has 0 amide bonds. The number of rotatable bonds is 2. The van der Waals surface area contributed by atoms with Crippen LogP contribution in [0.15, 0.2) is 79.1 Å². The molecule has 0 fully saturated rings. The van der Waals surface area contributed by atoms with Crippen molar-refractivity contribution in [2.45, 2.75) is 24.4 Å². The fourth-order valence-corrected chi connectivity index (χ4v) is 7.06. The number of ether oxygens (including phenoxy) is 1. The van der Waals surface area contributed by atoms with Gasteiger partial charge in [-0.05, 0) is 56.1 Å². The van der Waals surface area contributed by atoms with Gasteiger partial charge in [0.15, 0.2) is 28.8 Å². The summed E-state index contributed by atoms with van der Waals surface area (Å²) >= 11 is 0. The van der Waals surface area contributed by atoms with Gasteiger partial charge in [-0.3, -0.25) is 0 Å². The Morgan fingerprint density at radius 1 is 0.622 bits per heavy atom. The molecular weight excluding hydrogens is 584 g/mol. The predicted octanol–water partition coefficient (Wildman–Crippen LogP) is 4.39. The van der Waals surface area contributed by atoms with Crippen molar-refractivity contribution in [3.8, 4) is 23.0 Å². The van der Waals surface area contributed by atoms with Gasteiger partial charge in [0.1, 0.15) is 18.3 Å². The van der Waals surface area contributed by atoms with Crippen molar-refractivity contribution in [2.75, 3.05) is 0 Å². The molecule has 0 saturated heterocycles. The van der Waals surface area contributed by atoms with E-state index >= 15 is 0 Å². The Morgan fingerprint density at radius 3 is 1.96 bits per heavy atom. The zero-order valence-corrected chi connectivity index (χ0v) is 22.8. The van der Waals surface area contributed by atoms with Crippen LogP contribution in [0.3, 0.4) is 0 Å². The van der Waals surface area contributed by atoms with Gasteiger partial charge in [0.2, 0.25) is 11.5 Å². The first-order valence-electron chi connectivity index (χ1n) is 14.0. The molecule has 0 unspecified atom stereocenters. The number of phenols is 3. The van der Waals surface area contributed by atoms with Crippen LogP contribution in [-0.2, 0) is 0 Å². The fraction of sp³-hybridized carbons (Fsp3) is 0.118. The van der Waals surface area contributed by atoms with Gasteiger partial charge in [0.05, 0.1) is 10.8 Å². The Balaban J connectivity index is 1.33. The van der Waals surface area contributed by atoms with Crippen LogP contribution in [0, 0.1) is 0 Å². The highest BCUT2D eigenvalue weighted by atomic mass is 16.5. The van der Waals surface area contributed by atoms with E-state index in [0.29, 0.717) is 16.5 Å². The lowest BCUT2D eigenvalue weighted by Gasteiger charge is -2.38. The first-order chi connectivity index (χ1) is 21.6. The summed E-state index contributed by atoms with van der Waals surface area (Å²) in [6.45, 7) is 0. The Labute approximate surface area is 249 Å². The predicted molar refractivity (Wildman–Crippen MR) is 163 cm³/mol. The first kappa shape index (κ1) is 25.8. The number of benzene rings is 6. The molecule has 11 nitrogen and oxygen atoms in total. The highest BCUT2D eigenvalue weighted by Gasteiger charge is 2.44. The molecule has 4 atom stereocenters. The Hall–Kier alpha value is -5.62. The van der Waals surface area contributed by atoms with Crippen molar-refractivity contribution in [1.29, 1.82) is 0 Å². The number of phenolic OH excluding ortho intramolecular Hbond substituents is 3. The second kappa shape index (κ2) is 8.51. The quantitative estimate of drug-likeness (QED) is 0.0932. The van der Waals surface area contributed by atoms with E-state index in [1.165, 1.54) is 0 Å². The van der Waals surface area contributed by atoms with Crippen molar-refractivity contribution < 1.29 is 44.2 Å².